The van der Waals surface area contributed by atoms with Gasteiger partial charge in [0, 0.05) is 26.2 Å². The second-order valence-electron chi connectivity index (χ2n) is 15.6. The van der Waals surface area contributed by atoms with E-state index in [9.17, 15) is 28.3 Å². The number of aryl methyl sites for hydroxylation is 2. The maximum Gasteiger partial charge on any atom is 0.335 e. The molecule has 0 atom stereocenters. The molecular formula is C49H56F2N6O5. The Kier molecular flexibility index (Phi) is 16.9. The average molecular weight is 847 g/mol. The van der Waals surface area contributed by atoms with Gasteiger partial charge in [0.25, 0.3) is 0 Å². The Balaban J connectivity index is 0.000000235. The Morgan fingerprint density at radius 1 is 0.581 bits per heavy atom. The molecule has 0 amide bonds. The molecule has 0 aliphatic carbocycles. The molecule has 13 heteroatoms. The molecule has 0 saturated carbocycles. The lowest BCUT2D eigenvalue weighted by atomic mass is 10.0. The fraction of sp³-hybridized carbons (Fsp3) is 0.367. The summed E-state index contributed by atoms with van der Waals surface area (Å²) in [6, 6.07) is 29.9. The Morgan fingerprint density at radius 2 is 1.02 bits per heavy atom. The quantitative estimate of drug-likeness (QED) is 0.0674. The number of aromatic nitrogens is 6. The average Bonchev–Trinajstić information content (AvgIpc) is 3.87. The van der Waals surface area contributed by atoms with Gasteiger partial charge in [-0.3, -0.25) is 4.79 Å². The van der Waals surface area contributed by atoms with Gasteiger partial charge in [-0.05, 0) is 89.8 Å². The van der Waals surface area contributed by atoms with Crippen molar-refractivity contribution < 1.29 is 33.4 Å². The number of carbonyl (C=O) groups is 3. The summed E-state index contributed by atoms with van der Waals surface area (Å²) in [7, 11) is 0. The second kappa shape index (κ2) is 22.5. The van der Waals surface area contributed by atoms with Crippen LogP contribution in [0.2, 0.25) is 0 Å². The van der Waals surface area contributed by atoms with Gasteiger partial charge in [0.1, 0.15) is 11.6 Å². The molecule has 0 unspecified atom stereocenters. The third-order valence-corrected chi connectivity index (χ3v) is 10.3. The van der Waals surface area contributed by atoms with Gasteiger partial charge >= 0.3 is 17.9 Å². The van der Waals surface area contributed by atoms with E-state index in [2.05, 4.69) is 58.3 Å². The fourth-order valence-corrected chi connectivity index (χ4v) is 6.77. The standard InChI is InChI=1S/C26H31N3O3.C23H25F2N3O2/c1-3-5-10-23(30)25-27-24(11-6-4-2)29(28-25)18-20-14-12-19(13-15-20)16-21-8-7-9-22(17-21)26(31)32;1-3-4-8-20-26-22(23(2,24)25)27-28(20)15-17-11-9-16(10-12-17)13-18-6-5-7-19(14-18)21(29)30/h7-9,12-15,17H,3-6,10-11,16,18H2,1-2H3,(H,31,32);5-7,9-12,14H,3-4,8,13,15H2,1-2H3,(H,29,30). The molecule has 0 saturated heterocycles. The maximum atomic E-state index is 13.7. The highest BCUT2D eigenvalue weighted by atomic mass is 19.3. The van der Waals surface area contributed by atoms with Crippen molar-refractivity contribution in [1.82, 2.24) is 29.5 Å². The predicted molar refractivity (Wildman–Crippen MR) is 234 cm³/mol. The molecule has 6 rings (SSSR count). The number of hydrogen-bond donors (Lipinski definition) is 2. The number of benzene rings is 4. The topological polar surface area (TPSA) is 153 Å². The number of rotatable bonds is 21. The summed E-state index contributed by atoms with van der Waals surface area (Å²) in [5, 5.41) is 26.9. The summed E-state index contributed by atoms with van der Waals surface area (Å²) in [6.45, 7) is 8.00. The van der Waals surface area contributed by atoms with Gasteiger partial charge in [-0.25, -0.2) is 28.9 Å². The molecular weight excluding hydrogens is 791 g/mol. The first-order chi connectivity index (χ1) is 29.8. The number of nitrogens with zero attached hydrogens (tertiary/aromatic N) is 6. The normalized spacial score (nSPS) is 11.3. The molecule has 0 aliphatic rings. The van der Waals surface area contributed by atoms with Crippen molar-refractivity contribution in [2.24, 2.45) is 0 Å². The van der Waals surface area contributed by atoms with E-state index < -0.39 is 23.7 Å². The monoisotopic (exact) mass is 846 g/mol. The van der Waals surface area contributed by atoms with E-state index in [1.165, 1.54) is 0 Å². The highest BCUT2D eigenvalue weighted by molar-refractivity contribution is 5.92. The minimum Gasteiger partial charge on any atom is -0.478 e. The second-order valence-corrected chi connectivity index (χ2v) is 15.6. The van der Waals surface area contributed by atoms with E-state index in [1.807, 2.05) is 48.0 Å². The summed E-state index contributed by atoms with van der Waals surface area (Å²) in [5.74, 6) is -3.59. The lowest BCUT2D eigenvalue weighted by Gasteiger charge is -2.08. The van der Waals surface area contributed by atoms with Crippen LogP contribution in [0.5, 0.6) is 0 Å². The molecule has 0 spiro atoms. The lowest BCUT2D eigenvalue weighted by Crippen LogP contribution is -2.11. The third-order valence-electron chi connectivity index (χ3n) is 10.3. The minimum atomic E-state index is -3.07. The van der Waals surface area contributed by atoms with E-state index in [0.717, 1.165) is 91.1 Å². The number of Topliss-reactive ketones (excluding diaryl/α,β-unsaturated/α-hetero) is 1. The van der Waals surface area contributed by atoms with Crippen LogP contribution < -0.4 is 0 Å². The number of ketones is 1. The smallest absolute Gasteiger partial charge is 0.335 e. The number of halogens is 2. The largest absolute Gasteiger partial charge is 0.478 e. The molecule has 6 aromatic rings. The number of alkyl halides is 2. The van der Waals surface area contributed by atoms with Gasteiger partial charge in [-0.15, -0.1) is 10.2 Å². The van der Waals surface area contributed by atoms with Crippen LogP contribution in [0.25, 0.3) is 0 Å². The van der Waals surface area contributed by atoms with Crippen LogP contribution in [-0.2, 0) is 44.7 Å². The van der Waals surface area contributed by atoms with Crippen molar-refractivity contribution in [1.29, 1.82) is 0 Å². The van der Waals surface area contributed by atoms with E-state index in [4.69, 9.17) is 5.11 Å². The Bertz CT molecular complexity index is 2400. The first-order valence-corrected chi connectivity index (χ1v) is 21.3. The van der Waals surface area contributed by atoms with Crippen molar-refractivity contribution in [2.45, 2.75) is 117 Å². The molecule has 0 aliphatic heterocycles. The van der Waals surface area contributed by atoms with Gasteiger partial charge in [0.05, 0.1) is 24.2 Å². The Labute approximate surface area is 361 Å². The SMILES string of the molecule is CCCCC(=O)c1nc(CCCC)n(Cc2ccc(Cc3cccc(C(=O)O)c3)cc2)n1.CCCCc1nc(C(C)(F)F)nn1Cc1ccc(Cc2cccc(C(=O)O)c2)cc1. The molecule has 62 heavy (non-hydrogen) atoms. The molecule has 2 N–H and O–H groups in total. The zero-order chi connectivity index (χ0) is 44.6. The highest BCUT2D eigenvalue weighted by Crippen LogP contribution is 2.25. The van der Waals surface area contributed by atoms with Crippen LogP contribution in [-0.4, -0.2) is 57.5 Å². The first kappa shape index (κ1) is 46.7. The van der Waals surface area contributed by atoms with Crippen LogP contribution in [0.1, 0.15) is 155 Å². The maximum absolute atomic E-state index is 13.7. The molecule has 0 bridgehead atoms. The zero-order valence-corrected chi connectivity index (χ0v) is 36.0. The summed E-state index contributed by atoms with van der Waals surface area (Å²) in [5.41, 5.74) is 6.60. The number of carboxylic acid groups (broad SMARTS) is 2. The van der Waals surface area contributed by atoms with Gasteiger partial charge in [0.2, 0.25) is 17.4 Å². The van der Waals surface area contributed by atoms with E-state index >= 15 is 0 Å². The minimum absolute atomic E-state index is 0.0160. The lowest BCUT2D eigenvalue weighted by molar-refractivity contribution is 0.00753. The van der Waals surface area contributed by atoms with Crippen molar-refractivity contribution >= 4 is 17.7 Å². The number of hydrogen-bond acceptors (Lipinski definition) is 7. The molecule has 2 heterocycles. The van der Waals surface area contributed by atoms with Crippen LogP contribution in [0, 0.1) is 0 Å². The molecule has 11 nitrogen and oxygen atoms in total. The van der Waals surface area contributed by atoms with E-state index in [1.54, 1.807) is 41.1 Å². The van der Waals surface area contributed by atoms with Crippen LogP contribution in [0.15, 0.2) is 97.1 Å². The van der Waals surface area contributed by atoms with E-state index in [0.29, 0.717) is 56.0 Å². The van der Waals surface area contributed by atoms with Gasteiger partial charge < -0.3 is 10.2 Å². The van der Waals surface area contributed by atoms with Gasteiger partial charge in [-0.1, -0.05) is 113 Å². The van der Waals surface area contributed by atoms with Crippen molar-refractivity contribution in [3.05, 3.63) is 165 Å². The van der Waals surface area contributed by atoms with Crippen LogP contribution >= 0.6 is 0 Å². The van der Waals surface area contributed by atoms with Crippen LogP contribution in [0.4, 0.5) is 8.78 Å². The number of aromatic carboxylic acids is 2. The molecule has 4 aromatic carbocycles. The Morgan fingerprint density at radius 3 is 1.45 bits per heavy atom. The summed E-state index contributed by atoms with van der Waals surface area (Å²) in [6.07, 6.45) is 8.90. The van der Waals surface area contributed by atoms with E-state index in [-0.39, 0.29) is 11.3 Å². The fourth-order valence-electron chi connectivity index (χ4n) is 6.77. The zero-order valence-electron chi connectivity index (χ0n) is 36.0. The molecule has 0 fully saturated rings. The van der Waals surface area contributed by atoms with Crippen molar-refractivity contribution in [2.75, 3.05) is 0 Å². The molecule has 326 valence electrons. The highest BCUT2D eigenvalue weighted by Gasteiger charge is 2.31. The first-order valence-electron chi connectivity index (χ1n) is 21.3. The molecule has 0 radical (unpaired) electrons. The van der Waals surface area contributed by atoms with Crippen LogP contribution in [0.3, 0.4) is 0 Å². The number of carboxylic acids is 2. The summed E-state index contributed by atoms with van der Waals surface area (Å²) < 4.78 is 30.8. The van der Waals surface area contributed by atoms with Crippen molar-refractivity contribution in [3.63, 3.8) is 0 Å². The number of unbranched alkanes of at least 4 members (excludes halogenated alkanes) is 3. The molecule has 2 aromatic heterocycles. The number of carbonyl (C=O) groups excluding carboxylic acids is 1. The van der Waals surface area contributed by atoms with Crippen molar-refractivity contribution in [3.8, 4) is 0 Å². The van der Waals surface area contributed by atoms with Gasteiger partial charge in [0.15, 0.2) is 0 Å². The Hall–Kier alpha value is -6.37. The summed E-state index contributed by atoms with van der Waals surface area (Å²) in [4.78, 5) is 43.3. The predicted octanol–water partition coefficient (Wildman–Crippen LogP) is 10.4. The summed E-state index contributed by atoms with van der Waals surface area (Å²) >= 11 is 0. The van der Waals surface area contributed by atoms with Gasteiger partial charge in [-0.2, -0.15) is 8.78 Å². The third kappa shape index (κ3) is 13.8.